The van der Waals surface area contributed by atoms with Crippen LogP contribution in [0.15, 0.2) is 144 Å². The first kappa shape index (κ1) is 46.5. The van der Waals surface area contributed by atoms with E-state index in [1.807, 2.05) is 62.3 Å². The normalized spacial score (nSPS) is 12.9. The molecule has 67 heavy (non-hydrogen) atoms. The van der Waals surface area contributed by atoms with Gasteiger partial charge in [0.15, 0.2) is 0 Å². The van der Waals surface area contributed by atoms with Crippen molar-refractivity contribution in [2.45, 2.75) is 102 Å². The molecule has 6 aromatic carbocycles. The molecule has 0 saturated heterocycles. The third-order valence-electron chi connectivity index (χ3n) is 13.5. The summed E-state index contributed by atoms with van der Waals surface area (Å²) < 4.78 is 15.3. The van der Waals surface area contributed by atoms with Gasteiger partial charge in [-0.05, 0) is 122 Å². The maximum absolute atomic E-state index is 12.7. The molecule has 337 valence electrons. The number of benzene rings is 6. The molecule has 0 spiro atoms. The minimum atomic E-state index is -0.275. The van der Waals surface area contributed by atoms with Crippen LogP contribution in [0, 0.1) is 31.8 Å². The first-order chi connectivity index (χ1) is 31.3. The van der Waals surface area contributed by atoms with E-state index in [1.165, 1.54) is 93.6 Å². The zero-order valence-corrected chi connectivity index (χ0v) is 43.5. The standard InChI is InChI=1S/C47H44BN2S.C13H11FN.Ir/c1-45(2,3)31-16-19-39-34(23-31)35-24-33(47(7,8)9)26-37-44(35)50(39)40-21-30(29-15-18-38(49-27-29)28-13-11-10-12-14-28)22-42-43(40)48(37)36-25-32(46(4,5)6)17-20-41(36)51-42;1-9-7-13(15-8-10(9)2)11-3-5-12(14)6-4-11;/h10-13,15-27H,1-9H3;3,5-8H,1-2H3;/q2*-1;. The molecule has 1 radical (unpaired) electrons. The van der Waals surface area contributed by atoms with Crippen molar-refractivity contribution in [2.24, 2.45) is 0 Å². The summed E-state index contributed by atoms with van der Waals surface area (Å²) in [6.45, 7) is 25.2. The minimum Gasteiger partial charge on any atom is -0.310 e. The van der Waals surface area contributed by atoms with Crippen LogP contribution >= 0.6 is 11.8 Å². The molecule has 2 aliphatic heterocycles. The molecular formula is C60H55BFIrN3S-2. The zero-order valence-electron chi connectivity index (χ0n) is 40.2. The van der Waals surface area contributed by atoms with Gasteiger partial charge < -0.3 is 14.5 Å². The molecule has 0 N–H and O–H groups in total. The molecule has 0 aliphatic carbocycles. The first-order valence-electron chi connectivity index (χ1n) is 23.0. The van der Waals surface area contributed by atoms with Crippen LogP contribution in [0.2, 0.25) is 0 Å². The predicted molar refractivity (Wildman–Crippen MR) is 278 cm³/mol. The second-order valence-electron chi connectivity index (χ2n) is 21.3. The van der Waals surface area contributed by atoms with Crippen molar-refractivity contribution in [1.82, 2.24) is 14.5 Å². The van der Waals surface area contributed by atoms with Crippen LogP contribution in [0.25, 0.3) is 61.1 Å². The predicted octanol–water partition coefficient (Wildman–Crippen LogP) is 13.8. The number of hydrogen-bond acceptors (Lipinski definition) is 3. The van der Waals surface area contributed by atoms with Crippen molar-refractivity contribution in [3.8, 4) is 39.3 Å². The number of aryl methyl sites for hydroxylation is 2. The van der Waals surface area contributed by atoms with E-state index < -0.39 is 0 Å². The van der Waals surface area contributed by atoms with Crippen LogP contribution in [-0.2, 0) is 36.4 Å². The largest absolute Gasteiger partial charge is 0.310 e. The summed E-state index contributed by atoms with van der Waals surface area (Å²) in [4.78, 5) is 11.9. The number of hydrogen-bond donors (Lipinski definition) is 0. The Kier molecular flexibility index (Phi) is 11.9. The second-order valence-corrected chi connectivity index (χ2v) is 22.3. The van der Waals surface area contributed by atoms with Gasteiger partial charge in [0.25, 0.3) is 0 Å². The fourth-order valence-electron chi connectivity index (χ4n) is 9.43. The first-order valence-corrected chi connectivity index (χ1v) is 23.8. The average molecular weight is 1070 g/mol. The van der Waals surface area contributed by atoms with Crippen molar-refractivity contribution in [1.29, 1.82) is 0 Å². The monoisotopic (exact) mass is 1070 g/mol. The second kappa shape index (κ2) is 17.2. The molecule has 2 aliphatic rings. The molecule has 0 unspecified atom stereocenters. The van der Waals surface area contributed by atoms with Crippen molar-refractivity contribution < 1.29 is 24.5 Å². The summed E-state index contributed by atoms with van der Waals surface area (Å²) >= 11 is 1.93. The Morgan fingerprint density at radius 3 is 1.93 bits per heavy atom. The fourth-order valence-corrected chi connectivity index (χ4v) is 10.6. The number of pyridine rings is 2. The molecule has 0 bridgehead atoms. The van der Waals surface area contributed by atoms with Crippen LogP contribution in [0.5, 0.6) is 0 Å². The van der Waals surface area contributed by atoms with Crippen LogP contribution in [-0.4, -0.2) is 21.2 Å². The SMILES string of the molecule is CC(C)(C)c1ccc2c(c1)B1c3c(cc(-c4ccc(-c5[c-]cccc5)nc4)cc3-n3c4ccc(C(C)(C)C)cc4c4cc(C(C)(C)C)cc1c43)S2.Cc1cnc(-c2[c-]cc(F)cc2)cc1C.[Ir]. The Morgan fingerprint density at radius 1 is 0.582 bits per heavy atom. The maximum Gasteiger partial charge on any atom is 0.249 e. The number of aromatic nitrogens is 3. The van der Waals surface area contributed by atoms with Crippen molar-refractivity contribution in [2.75, 3.05) is 0 Å². The number of fused-ring (bicyclic) bond motifs is 7. The van der Waals surface area contributed by atoms with E-state index in [0.717, 1.165) is 33.6 Å². The Hall–Kier alpha value is -5.59. The molecule has 11 rings (SSSR count). The van der Waals surface area contributed by atoms with Gasteiger partial charge in [-0.3, -0.25) is 4.39 Å². The minimum absolute atomic E-state index is 0. The van der Waals surface area contributed by atoms with E-state index in [9.17, 15) is 4.39 Å². The molecule has 3 nitrogen and oxygen atoms in total. The van der Waals surface area contributed by atoms with Crippen molar-refractivity contribution >= 4 is 56.7 Å². The van der Waals surface area contributed by atoms with E-state index in [4.69, 9.17) is 4.98 Å². The molecule has 0 atom stereocenters. The Bertz CT molecular complexity index is 3360. The summed E-state index contributed by atoms with van der Waals surface area (Å²) in [7, 11) is 0. The third-order valence-corrected chi connectivity index (χ3v) is 14.6. The summed E-state index contributed by atoms with van der Waals surface area (Å²) in [5.74, 6) is -0.275. The number of nitrogens with zero attached hydrogens (tertiary/aromatic N) is 3. The van der Waals surface area contributed by atoms with Gasteiger partial charge >= 0.3 is 0 Å². The molecule has 0 amide bonds. The number of halogens is 1. The molecule has 5 heterocycles. The average Bonchev–Trinajstić information content (AvgIpc) is 3.62. The quantitative estimate of drug-likeness (QED) is 0.130. The molecule has 3 aromatic heterocycles. The molecule has 0 saturated carbocycles. The van der Waals surface area contributed by atoms with Gasteiger partial charge in [0.1, 0.15) is 0 Å². The van der Waals surface area contributed by atoms with Crippen molar-refractivity contribution in [3.63, 3.8) is 0 Å². The molecule has 9 aromatic rings. The summed E-state index contributed by atoms with van der Waals surface area (Å²) in [5, 5.41) is 2.69. The number of rotatable bonds is 3. The van der Waals surface area contributed by atoms with Gasteiger partial charge in [-0.1, -0.05) is 128 Å². The van der Waals surface area contributed by atoms with Crippen LogP contribution in [0.3, 0.4) is 0 Å². The van der Waals surface area contributed by atoms with Crippen LogP contribution < -0.4 is 16.4 Å². The Balaban J connectivity index is 0.000000300. The smallest absolute Gasteiger partial charge is 0.249 e. The van der Waals surface area contributed by atoms with Gasteiger partial charge in [-0.15, -0.1) is 65.7 Å². The topological polar surface area (TPSA) is 30.7 Å². The van der Waals surface area contributed by atoms with E-state index in [-0.39, 0.29) is 48.9 Å². The Labute approximate surface area is 414 Å². The van der Waals surface area contributed by atoms with Gasteiger partial charge in [0.05, 0.1) is 5.52 Å². The molecular weight excluding hydrogens is 1020 g/mol. The summed E-state index contributed by atoms with van der Waals surface area (Å²) in [5.41, 5.74) is 20.7. The fraction of sp³-hybridized carbons (Fsp3) is 0.233. The summed E-state index contributed by atoms with van der Waals surface area (Å²) in [6.07, 6.45) is 3.85. The third kappa shape index (κ3) is 8.53. The van der Waals surface area contributed by atoms with E-state index in [0.29, 0.717) is 0 Å². The van der Waals surface area contributed by atoms with Gasteiger partial charge in [-0.2, -0.15) is 0 Å². The maximum atomic E-state index is 12.7. The molecule has 0 fully saturated rings. The molecule has 7 heteroatoms. The van der Waals surface area contributed by atoms with Crippen LogP contribution in [0.1, 0.15) is 90.1 Å². The van der Waals surface area contributed by atoms with E-state index >= 15 is 0 Å². The van der Waals surface area contributed by atoms with Gasteiger partial charge in [0.2, 0.25) is 6.71 Å². The van der Waals surface area contributed by atoms with E-state index in [1.54, 1.807) is 6.07 Å². The Morgan fingerprint density at radius 2 is 1.27 bits per heavy atom. The van der Waals surface area contributed by atoms with E-state index in [2.05, 4.69) is 163 Å². The van der Waals surface area contributed by atoms with Gasteiger partial charge in [0, 0.05) is 70.1 Å². The van der Waals surface area contributed by atoms with Gasteiger partial charge in [-0.25, -0.2) is 0 Å². The van der Waals surface area contributed by atoms with Crippen molar-refractivity contribution in [3.05, 3.63) is 179 Å². The van der Waals surface area contributed by atoms with Crippen LogP contribution in [0.4, 0.5) is 4.39 Å². The zero-order chi connectivity index (χ0) is 46.4. The summed E-state index contributed by atoms with van der Waals surface area (Å²) in [6, 6.07) is 49.4.